The van der Waals surface area contributed by atoms with Gasteiger partial charge in [-0.2, -0.15) is 0 Å². The second-order valence-electron chi connectivity index (χ2n) is 4.05. The molecule has 0 amide bonds. The molecule has 1 fully saturated rings. The van der Waals surface area contributed by atoms with Gasteiger partial charge in [-0.3, -0.25) is 9.11 Å². The fraction of sp³-hybridized carbons (Fsp3) is 1.00. The summed E-state index contributed by atoms with van der Waals surface area (Å²) in [5.74, 6) is 0.643. The summed E-state index contributed by atoms with van der Waals surface area (Å²) >= 11 is 0. The van der Waals surface area contributed by atoms with Gasteiger partial charge in [-0.25, -0.2) is 0 Å². The van der Waals surface area contributed by atoms with Crippen LogP contribution in [0.25, 0.3) is 0 Å². The van der Waals surface area contributed by atoms with E-state index in [9.17, 15) is 9.32 Å². The molecule has 0 saturated carbocycles. The lowest BCUT2D eigenvalue weighted by Gasteiger charge is -2.28. The lowest BCUT2D eigenvalue weighted by atomic mass is 10.3. The van der Waals surface area contributed by atoms with E-state index >= 15 is 0 Å². The average Bonchev–Trinajstić information content (AvgIpc) is 2.25. The number of morpholine rings is 1. The highest BCUT2D eigenvalue weighted by Gasteiger charge is 2.14. The van der Waals surface area contributed by atoms with Gasteiger partial charge in [-0.15, -0.1) is 0 Å². The Morgan fingerprint density at radius 2 is 2.19 bits per heavy atom. The third kappa shape index (κ3) is 6.55. The predicted octanol–water partition coefficient (Wildman–Crippen LogP) is -1.35. The Morgan fingerprint density at radius 3 is 2.81 bits per heavy atom. The number of hydrogen-bond acceptors (Lipinski definition) is 5. The van der Waals surface area contributed by atoms with Gasteiger partial charge in [0.2, 0.25) is 0 Å². The highest BCUT2D eigenvalue weighted by molar-refractivity contribution is 7.84. The molecule has 0 aromatic heterocycles. The summed E-state index contributed by atoms with van der Waals surface area (Å²) in [7, 11) is -0.758. The summed E-state index contributed by atoms with van der Waals surface area (Å²) in [4.78, 5) is 2.20. The van der Waals surface area contributed by atoms with Gasteiger partial charge in [-0.1, -0.05) is 0 Å². The lowest BCUT2D eigenvalue weighted by molar-refractivity contribution is 0.0150. The summed E-state index contributed by atoms with van der Waals surface area (Å²) < 4.78 is 16.0. The normalized spacial score (nSPS) is 21.9. The van der Waals surface area contributed by atoms with Crippen LogP contribution >= 0.6 is 0 Å². The average molecular weight is 250 g/mol. The van der Waals surface area contributed by atoms with Crippen LogP contribution in [0.4, 0.5) is 0 Å². The smallest absolute Gasteiger partial charge is 0.0791 e. The first-order chi connectivity index (χ1) is 7.68. The molecule has 2 atom stereocenters. The molecule has 0 radical (unpaired) electrons. The molecule has 1 heterocycles. The van der Waals surface area contributed by atoms with Crippen molar-refractivity contribution in [1.82, 2.24) is 10.2 Å². The van der Waals surface area contributed by atoms with Crippen LogP contribution in [0.1, 0.15) is 0 Å². The minimum atomic E-state index is -0.758. The van der Waals surface area contributed by atoms with Crippen LogP contribution in [0.3, 0.4) is 0 Å². The summed E-state index contributed by atoms with van der Waals surface area (Å²) in [6.07, 6.45) is 1.33. The largest absolute Gasteiger partial charge is 0.390 e. The van der Waals surface area contributed by atoms with Crippen molar-refractivity contribution in [1.29, 1.82) is 0 Å². The van der Waals surface area contributed by atoms with E-state index in [4.69, 9.17) is 4.74 Å². The molecule has 1 aliphatic heterocycles. The molecule has 0 aromatic rings. The van der Waals surface area contributed by atoms with Crippen LogP contribution in [-0.2, 0) is 15.5 Å². The summed E-state index contributed by atoms with van der Waals surface area (Å²) in [5, 5.41) is 12.9. The molecular formula is C10H22N2O3S. The van der Waals surface area contributed by atoms with E-state index in [1.165, 1.54) is 0 Å². The summed E-state index contributed by atoms with van der Waals surface area (Å²) in [6, 6.07) is 0. The lowest BCUT2D eigenvalue weighted by Crippen LogP contribution is -2.44. The number of nitrogens with zero attached hydrogens (tertiary/aromatic N) is 1. The van der Waals surface area contributed by atoms with Crippen molar-refractivity contribution in [3.05, 3.63) is 0 Å². The Kier molecular flexibility index (Phi) is 7.15. The van der Waals surface area contributed by atoms with Crippen molar-refractivity contribution < 1.29 is 14.1 Å². The van der Waals surface area contributed by atoms with Crippen molar-refractivity contribution in [2.24, 2.45) is 0 Å². The van der Waals surface area contributed by atoms with Crippen LogP contribution in [0, 0.1) is 0 Å². The second-order valence-corrected chi connectivity index (χ2v) is 5.60. The van der Waals surface area contributed by atoms with Gasteiger partial charge in [0, 0.05) is 55.5 Å². The zero-order valence-electron chi connectivity index (χ0n) is 9.85. The SMILES string of the molecule is CS(=O)CCNCC(O)CN1CCOCC1. The van der Waals surface area contributed by atoms with Crippen molar-refractivity contribution >= 4 is 10.8 Å². The summed E-state index contributed by atoms with van der Waals surface area (Å²) in [6.45, 7) is 5.26. The maximum atomic E-state index is 10.8. The standard InChI is InChI=1S/C10H22N2O3S/c1-16(14)7-2-11-8-10(13)9-12-3-5-15-6-4-12/h10-11,13H,2-9H2,1H3. The van der Waals surface area contributed by atoms with Crippen LogP contribution in [0.15, 0.2) is 0 Å². The van der Waals surface area contributed by atoms with Gasteiger partial charge in [-0.05, 0) is 0 Å². The quantitative estimate of drug-likeness (QED) is 0.547. The molecule has 0 bridgehead atoms. The second kappa shape index (κ2) is 8.14. The molecule has 2 unspecified atom stereocenters. The number of nitrogens with one attached hydrogen (secondary N) is 1. The fourth-order valence-corrected chi connectivity index (χ4v) is 2.06. The van der Waals surface area contributed by atoms with E-state index in [2.05, 4.69) is 10.2 Å². The van der Waals surface area contributed by atoms with E-state index < -0.39 is 10.8 Å². The maximum Gasteiger partial charge on any atom is 0.0791 e. The van der Waals surface area contributed by atoms with Gasteiger partial charge in [0.1, 0.15) is 0 Å². The molecule has 1 aliphatic rings. The minimum Gasteiger partial charge on any atom is -0.390 e. The number of hydrogen-bond donors (Lipinski definition) is 2. The molecule has 16 heavy (non-hydrogen) atoms. The topological polar surface area (TPSA) is 61.8 Å². The van der Waals surface area contributed by atoms with Crippen molar-refractivity contribution in [2.75, 3.05) is 57.9 Å². The molecule has 1 rings (SSSR count). The van der Waals surface area contributed by atoms with E-state index in [1.807, 2.05) is 0 Å². The third-order valence-corrected chi connectivity index (χ3v) is 3.30. The Morgan fingerprint density at radius 1 is 1.50 bits per heavy atom. The number of β-amino-alcohol motifs (C(OH)–C–C–N with tert-alkyl or cyclic N) is 1. The molecule has 0 aromatic carbocycles. The molecule has 1 saturated heterocycles. The fourth-order valence-electron chi connectivity index (χ4n) is 1.63. The Labute approximate surface area is 99.6 Å². The van der Waals surface area contributed by atoms with E-state index in [0.29, 0.717) is 25.4 Å². The first-order valence-electron chi connectivity index (χ1n) is 5.67. The number of aliphatic hydroxyl groups is 1. The number of ether oxygens (including phenoxy) is 1. The van der Waals surface area contributed by atoms with Gasteiger partial charge in [0.25, 0.3) is 0 Å². The Hall–Kier alpha value is -0.0100. The molecule has 6 heteroatoms. The molecule has 2 N–H and O–H groups in total. The van der Waals surface area contributed by atoms with Gasteiger partial charge in [0.15, 0.2) is 0 Å². The molecule has 0 aliphatic carbocycles. The zero-order chi connectivity index (χ0) is 11.8. The minimum absolute atomic E-state index is 0.358. The maximum absolute atomic E-state index is 10.8. The monoisotopic (exact) mass is 250 g/mol. The number of rotatable bonds is 7. The number of aliphatic hydroxyl groups excluding tert-OH is 1. The van der Waals surface area contributed by atoms with E-state index in [0.717, 1.165) is 26.3 Å². The molecular weight excluding hydrogens is 228 g/mol. The van der Waals surface area contributed by atoms with Crippen molar-refractivity contribution in [2.45, 2.75) is 6.10 Å². The van der Waals surface area contributed by atoms with E-state index in [-0.39, 0.29) is 6.10 Å². The predicted molar refractivity (Wildman–Crippen MR) is 65.1 cm³/mol. The van der Waals surface area contributed by atoms with E-state index in [1.54, 1.807) is 6.26 Å². The van der Waals surface area contributed by atoms with Gasteiger partial charge < -0.3 is 15.2 Å². The third-order valence-electron chi connectivity index (χ3n) is 2.52. The first-order valence-corrected chi connectivity index (χ1v) is 7.40. The molecule has 0 spiro atoms. The van der Waals surface area contributed by atoms with Crippen LogP contribution in [0.5, 0.6) is 0 Å². The molecule has 96 valence electrons. The molecule has 5 nitrogen and oxygen atoms in total. The highest BCUT2D eigenvalue weighted by atomic mass is 32.2. The van der Waals surface area contributed by atoms with Gasteiger partial charge in [0.05, 0.1) is 19.3 Å². The van der Waals surface area contributed by atoms with Gasteiger partial charge >= 0.3 is 0 Å². The summed E-state index contributed by atoms with van der Waals surface area (Å²) in [5.41, 5.74) is 0. The van der Waals surface area contributed by atoms with Crippen LogP contribution in [-0.4, -0.2) is 78.3 Å². The zero-order valence-corrected chi connectivity index (χ0v) is 10.7. The van der Waals surface area contributed by atoms with Crippen LogP contribution < -0.4 is 5.32 Å². The van der Waals surface area contributed by atoms with Crippen LogP contribution in [0.2, 0.25) is 0 Å². The first kappa shape index (κ1) is 14.1. The Balaban J connectivity index is 2.01. The van der Waals surface area contributed by atoms with Crippen molar-refractivity contribution in [3.8, 4) is 0 Å². The van der Waals surface area contributed by atoms with Crippen molar-refractivity contribution in [3.63, 3.8) is 0 Å². The highest BCUT2D eigenvalue weighted by Crippen LogP contribution is 1.97. The Bertz CT molecular complexity index is 210.